The van der Waals surface area contributed by atoms with Crippen molar-refractivity contribution in [3.63, 3.8) is 0 Å². The molecule has 0 spiro atoms. The van der Waals surface area contributed by atoms with Crippen LogP contribution in [0.1, 0.15) is 119 Å². The first kappa shape index (κ1) is 43.4. The summed E-state index contributed by atoms with van der Waals surface area (Å²) in [5, 5.41) is 18.0. The monoisotopic (exact) mass is 693 g/mol. The van der Waals surface area contributed by atoms with Crippen molar-refractivity contribution in [1.82, 2.24) is 0 Å². The molecule has 0 aliphatic carbocycles. The van der Waals surface area contributed by atoms with Crippen molar-refractivity contribution >= 4 is 15.8 Å². The van der Waals surface area contributed by atoms with Gasteiger partial charge in [0.05, 0.1) is 37.0 Å². The standard InChI is InChI=1S/2C12H27P.2HNO2.Pt/c2*1-4-7-10-13(11-8-5-2)12-9-6-3;2*2-1-3;/h2*4-12H2,1-3H3;2*(H,2,3);. The molecule has 0 saturated heterocycles. The number of hydrogen-bond acceptors (Lipinski definition) is 6. The second-order valence-electron chi connectivity index (χ2n) is 8.27. The van der Waals surface area contributed by atoms with Gasteiger partial charge in [0.2, 0.25) is 0 Å². The van der Waals surface area contributed by atoms with E-state index in [0.29, 0.717) is 0 Å². The summed E-state index contributed by atoms with van der Waals surface area (Å²) in [5.74, 6) is 0. The molecular weight excluding hydrogens is 637 g/mol. The summed E-state index contributed by atoms with van der Waals surface area (Å²) in [5.41, 5.74) is 0. The van der Waals surface area contributed by atoms with Crippen LogP contribution in [0.4, 0.5) is 0 Å². The third-order valence-electron chi connectivity index (χ3n) is 5.30. The second-order valence-corrected chi connectivity index (χ2v) is 14.3. The van der Waals surface area contributed by atoms with E-state index in [9.17, 15) is 0 Å². The average Bonchev–Trinajstić information content (AvgIpc) is 2.79. The van der Waals surface area contributed by atoms with Crippen LogP contribution in [0.3, 0.4) is 0 Å². The van der Waals surface area contributed by atoms with E-state index in [2.05, 4.69) is 41.5 Å². The summed E-state index contributed by atoms with van der Waals surface area (Å²) >= 11 is 0. The molecule has 0 aliphatic rings. The molecule has 0 atom stereocenters. The Hall–Kier alpha value is 0.348. The Bertz CT molecular complexity index is 267. The van der Waals surface area contributed by atoms with Gasteiger partial charge in [-0.05, 0) is 38.5 Å². The summed E-state index contributed by atoms with van der Waals surface area (Å²) in [4.78, 5) is 16.0. The molecule has 0 bridgehead atoms. The van der Waals surface area contributed by atoms with E-state index in [0.717, 1.165) is 10.7 Å². The van der Waals surface area contributed by atoms with Crippen LogP contribution in [-0.2, 0) is 21.1 Å². The first-order valence-corrected chi connectivity index (χ1v) is 17.3. The Morgan fingerprint density at radius 3 is 0.667 bits per heavy atom. The largest absolute Gasteiger partial charge is 0.444 e. The van der Waals surface area contributed by atoms with E-state index in [1.54, 1.807) is 37.0 Å². The number of nitrogens with zero attached hydrogens (tertiary/aromatic N) is 2. The average molecular weight is 694 g/mol. The van der Waals surface area contributed by atoms with E-state index in [4.69, 9.17) is 20.2 Å². The molecule has 0 saturated carbocycles. The topological polar surface area (TPSA) is 105 Å². The van der Waals surface area contributed by atoms with Crippen LogP contribution >= 0.6 is 15.8 Å². The van der Waals surface area contributed by atoms with Gasteiger partial charge in [-0.1, -0.05) is 80.1 Å². The fourth-order valence-electron chi connectivity index (χ4n) is 3.31. The molecule has 0 radical (unpaired) electrons. The normalized spacial score (nSPS) is 9.45. The minimum Gasteiger partial charge on any atom is -0.444 e. The van der Waals surface area contributed by atoms with Crippen LogP contribution in [0.15, 0.2) is 10.7 Å². The molecule has 0 aromatic heterocycles. The molecule has 206 valence electrons. The van der Waals surface area contributed by atoms with Gasteiger partial charge in [0.25, 0.3) is 0 Å². The van der Waals surface area contributed by atoms with E-state index in [-0.39, 0.29) is 36.9 Å². The molecule has 9 heteroatoms. The maximum atomic E-state index is 8.00. The second kappa shape index (κ2) is 45.8. The van der Waals surface area contributed by atoms with Crippen LogP contribution in [0.5, 0.6) is 0 Å². The summed E-state index contributed by atoms with van der Waals surface area (Å²) in [6, 6.07) is 0. The maximum Gasteiger partial charge on any atom is 0.0571 e. The third-order valence-corrected chi connectivity index (χ3v) is 11.7. The first-order chi connectivity index (χ1) is 15.5. The third kappa shape index (κ3) is 50.3. The van der Waals surface area contributed by atoms with Crippen LogP contribution in [0.25, 0.3) is 0 Å². The molecule has 0 rings (SSSR count). The van der Waals surface area contributed by atoms with E-state index >= 15 is 0 Å². The van der Waals surface area contributed by atoms with Crippen molar-refractivity contribution in [2.24, 2.45) is 10.7 Å². The quantitative estimate of drug-likeness (QED) is 0.0810. The Balaban J connectivity index is -0.000000124. The van der Waals surface area contributed by atoms with E-state index in [1.807, 2.05) is 0 Å². The van der Waals surface area contributed by atoms with Crippen molar-refractivity contribution in [2.75, 3.05) is 37.0 Å². The SMILES string of the molecule is CCCC[PH+](CCCC)CCCC.CCCC[PH+](CCCC)CCCC.O=N[O-].O=N[O-].[Pt]. The summed E-state index contributed by atoms with van der Waals surface area (Å²) in [6.45, 7) is 13.9. The molecule has 33 heavy (non-hydrogen) atoms. The van der Waals surface area contributed by atoms with Crippen LogP contribution < -0.4 is 0 Å². The Morgan fingerprint density at radius 2 is 0.576 bits per heavy atom. The molecule has 0 aliphatic heterocycles. The molecule has 0 aromatic carbocycles. The number of rotatable bonds is 18. The Kier molecular flexibility index (Phi) is 60.3. The Morgan fingerprint density at radius 1 is 0.455 bits per heavy atom. The first-order valence-electron chi connectivity index (χ1n) is 13.1. The van der Waals surface area contributed by atoms with Gasteiger partial charge >= 0.3 is 0 Å². The molecule has 0 N–H and O–H groups in total. The summed E-state index contributed by atoms with van der Waals surface area (Å²) in [6.07, 6.45) is 26.8. The van der Waals surface area contributed by atoms with E-state index in [1.165, 1.54) is 77.0 Å². The van der Waals surface area contributed by atoms with Gasteiger partial charge in [-0.2, -0.15) is 0 Å². The van der Waals surface area contributed by atoms with Gasteiger partial charge in [-0.15, -0.1) is 10.7 Å². The molecular formula is C24H56N2O4P2Pt. The van der Waals surface area contributed by atoms with Crippen LogP contribution in [-0.4, -0.2) is 37.0 Å². The summed E-state index contributed by atoms with van der Waals surface area (Å²) < 4.78 is 0. The molecule has 0 heterocycles. The predicted octanol–water partition coefficient (Wildman–Crippen LogP) is 9.70. The molecule has 0 fully saturated rings. The van der Waals surface area contributed by atoms with Gasteiger partial charge in [-0.25, -0.2) is 0 Å². The van der Waals surface area contributed by atoms with Gasteiger partial charge in [0.1, 0.15) is 0 Å². The molecule has 0 aromatic rings. The predicted molar refractivity (Wildman–Crippen MR) is 154 cm³/mol. The van der Waals surface area contributed by atoms with Crippen molar-refractivity contribution in [1.29, 1.82) is 0 Å². The van der Waals surface area contributed by atoms with Gasteiger partial charge in [0, 0.05) is 36.9 Å². The molecule has 0 unspecified atom stereocenters. The van der Waals surface area contributed by atoms with Gasteiger partial charge in [-0.3, -0.25) is 0 Å². The zero-order valence-corrected chi connectivity index (χ0v) is 26.8. The molecule has 0 amide bonds. The van der Waals surface area contributed by atoms with Gasteiger partial charge in [0.15, 0.2) is 0 Å². The van der Waals surface area contributed by atoms with Crippen molar-refractivity contribution in [3.8, 4) is 0 Å². The summed E-state index contributed by atoms with van der Waals surface area (Å²) in [7, 11) is 0.135. The molecule has 6 nitrogen and oxygen atoms in total. The fourth-order valence-corrected chi connectivity index (χ4v) is 9.93. The zero-order valence-electron chi connectivity index (χ0n) is 22.6. The zero-order chi connectivity index (χ0) is 25.3. The minimum atomic E-state index is 0. The minimum absolute atomic E-state index is 0. The van der Waals surface area contributed by atoms with Crippen LogP contribution in [0, 0.1) is 20.2 Å². The fraction of sp³-hybridized carbons (Fsp3) is 1.00. The maximum absolute atomic E-state index is 8.00. The smallest absolute Gasteiger partial charge is 0.0571 e. The van der Waals surface area contributed by atoms with Crippen LogP contribution in [0.2, 0.25) is 0 Å². The number of hydrogen-bond donors (Lipinski definition) is 0. The Labute approximate surface area is 222 Å². The van der Waals surface area contributed by atoms with Crippen molar-refractivity contribution in [3.05, 3.63) is 20.2 Å². The van der Waals surface area contributed by atoms with E-state index < -0.39 is 0 Å². The van der Waals surface area contributed by atoms with Crippen molar-refractivity contribution in [2.45, 2.75) is 119 Å². The van der Waals surface area contributed by atoms with Crippen molar-refractivity contribution < 1.29 is 21.1 Å². The van der Waals surface area contributed by atoms with Gasteiger partial charge < -0.3 is 20.2 Å². The number of unbranched alkanes of at least 4 members (excludes halogenated alkanes) is 6.